The number of aromatic nitrogens is 1. The van der Waals surface area contributed by atoms with Crippen LogP contribution < -0.4 is 20.9 Å². The Morgan fingerprint density at radius 1 is 1.18 bits per heavy atom. The number of nitrogens with zero attached hydrogens (tertiary/aromatic N) is 2. The average Bonchev–Trinajstić information content (AvgIpc) is 3.01. The fourth-order valence-electron chi connectivity index (χ4n) is 3.60. The van der Waals surface area contributed by atoms with Crippen LogP contribution in [0.25, 0.3) is 0 Å². The van der Waals surface area contributed by atoms with Crippen LogP contribution in [0.4, 0.5) is 10.6 Å². The minimum atomic E-state index is -0.361. The van der Waals surface area contributed by atoms with Crippen molar-refractivity contribution >= 4 is 47.0 Å². The zero-order valence-electron chi connectivity index (χ0n) is 15.1. The first kappa shape index (κ1) is 20.6. The summed E-state index contributed by atoms with van der Waals surface area (Å²) in [6.45, 7) is 4.19. The average molecular weight is 424 g/mol. The Morgan fingerprint density at radius 3 is 2.61 bits per heavy atom. The first-order valence-corrected chi connectivity index (χ1v) is 9.86. The van der Waals surface area contributed by atoms with Gasteiger partial charge in [-0.25, -0.2) is 4.98 Å². The summed E-state index contributed by atoms with van der Waals surface area (Å²) in [4.78, 5) is 42.6. The molecule has 1 aromatic heterocycles. The molecule has 2 atom stereocenters. The van der Waals surface area contributed by atoms with E-state index in [1.807, 2.05) is 12.1 Å². The molecule has 0 bridgehead atoms. The Kier molecular flexibility index (Phi) is 6.58. The van der Waals surface area contributed by atoms with E-state index in [9.17, 15) is 14.4 Å². The van der Waals surface area contributed by atoms with E-state index in [2.05, 4.69) is 25.8 Å². The fraction of sp³-hybridized carbons (Fsp3) is 0.444. The van der Waals surface area contributed by atoms with Crippen LogP contribution in [-0.4, -0.2) is 54.8 Å². The highest BCUT2D eigenvalue weighted by Crippen LogP contribution is 2.32. The highest BCUT2D eigenvalue weighted by Gasteiger charge is 2.32. The van der Waals surface area contributed by atoms with Crippen molar-refractivity contribution in [3.05, 3.63) is 34.9 Å². The lowest BCUT2D eigenvalue weighted by Crippen LogP contribution is -2.44. The van der Waals surface area contributed by atoms with Crippen LogP contribution in [0.1, 0.15) is 17.9 Å². The third-order valence-electron chi connectivity index (χ3n) is 5.04. The molecule has 3 fully saturated rings. The van der Waals surface area contributed by atoms with Crippen LogP contribution in [0.3, 0.4) is 0 Å². The van der Waals surface area contributed by atoms with Crippen molar-refractivity contribution in [2.24, 2.45) is 5.92 Å². The van der Waals surface area contributed by atoms with Crippen LogP contribution in [0.15, 0.2) is 29.3 Å². The standard InChI is InChI=1S/C18H21N5O3S.ClH/c24-16-13(7-11(9-21-16)8-14-17(25)22-18(26)27-14)12-1-2-15(20-10-12)23-5-3-19-4-6-23;/h1-2,8,10-11,13,19H,3-7,9H2,(H,21,24)(H,22,25,26);1H/b14-8-;. The van der Waals surface area contributed by atoms with Crippen LogP contribution >= 0.6 is 24.2 Å². The summed E-state index contributed by atoms with van der Waals surface area (Å²) < 4.78 is 0. The van der Waals surface area contributed by atoms with Gasteiger partial charge in [0.25, 0.3) is 11.1 Å². The molecule has 150 valence electrons. The van der Waals surface area contributed by atoms with Gasteiger partial charge in [-0.05, 0) is 35.7 Å². The van der Waals surface area contributed by atoms with Gasteiger partial charge in [-0.1, -0.05) is 12.1 Å². The summed E-state index contributed by atoms with van der Waals surface area (Å²) in [5, 5.41) is 8.12. The molecular formula is C18H22ClN5O3S. The van der Waals surface area contributed by atoms with E-state index in [1.54, 1.807) is 12.3 Å². The van der Waals surface area contributed by atoms with E-state index >= 15 is 0 Å². The van der Waals surface area contributed by atoms with E-state index in [0.717, 1.165) is 49.3 Å². The molecule has 0 saturated carbocycles. The molecule has 4 rings (SSSR count). The van der Waals surface area contributed by atoms with Gasteiger partial charge in [-0.3, -0.25) is 19.7 Å². The van der Waals surface area contributed by atoms with Crippen molar-refractivity contribution in [3.8, 4) is 0 Å². The number of imide groups is 1. The lowest BCUT2D eigenvalue weighted by molar-refractivity contribution is -0.124. The number of rotatable bonds is 3. The highest BCUT2D eigenvalue weighted by atomic mass is 35.5. The number of carbonyl (C=O) groups excluding carboxylic acids is 3. The van der Waals surface area contributed by atoms with Gasteiger partial charge in [0.05, 0.1) is 10.8 Å². The van der Waals surface area contributed by atoms with Crippen molar-refractivity contribution in [2.45, 2.75) is 12.3 Å². The van der Waals surface area contributed by atoms with Gasteiger partial charge in [0.2, 0.25) is 5.91 Å². The number of nitrogens with one attached hydrogen (secondary N) is 3. The summed E-state index contributed by atoms with van der Waals surface area (Å²) in [6.07, 6.45) is 4.16. The minimum Gasteiger partial charge on any atom is -0.355 e. The van der Waals surface area contributed by atoms with Crippen LogP contribution in [-0.2, 0) is 9.59 Å². The summed E-state index contributed by atoms with van der Waals surface area (Å²) in [6, 6.07) is 3.93. The summed E-state index contributed by atoms with van der Waals surface area (Å²) in [5.74, 6) is 0.226. The van der Waals surface area contributed by atoms with Gasteiger partial charge < -0.3 is 15.5 Å². The predicted molar refractivity (Wildman–Crippen MR) is 110 cm³/mol. The third kappa shape index (κ3) is 4.48. The molecule has 1 aromatic rings. The number of amides is 3. The smallest absolute Gasteiger partial charge is 0.290 e. The molecule has 0 aromatic carbocycles. The van der Waals surface area contributed by atoms with Gasteiger partial charge in [0.1, 0.15) is 5.82 Å². The van der Waals surface area contributed by atoms with E-state index < -0.39 is 0 Å². The van der Waals surface area contributed by atoms with Crippen LogP contribution in [0.2, 0.25) is 0 Å². The SMILES string of the molecule is Cl.O=C1NC(=O)/C(=C/C2CNC(=O)C(c3ccc(N4CCNCC4)nc3)C2)S1. The molecule has 28 heavy (non-hydrogen) atoms. The Balaban J connectivity index is 0.00000225. The Hall–Kier alpha value is -2.10. The molecular weight excluding hydrogens is 402 g/mol. The zero-order valence-corrected chi connectivity index (χ0v) is 16.8. The molecule has 3 aliphatic heterocycles. The van der Waals surface area contributed by atoms with Gasteiger partial charge in [-0.15, -0.1) is 12.4 Å². The maximum Gasteiger partial charge on any atom is 0.290 e. The van der Waals surface area contributed by atoms with Gasteiger partial charge >= 0.3 is 0 Å². The van der Waals surface area contributed by atoms with Crippen molar-refractivity contribution in [1.82, 2.24) is 20.9 Å². The second-order valence-electron chi connectivity index (χ2n) is 6.85. The van der Waals surface area contributed by atoms with Crippen molar-refractivity contribution < 1.29 is 14.4 Å². The second-order valence-corrected chi connectivity index (χ2v) is 7.87. The molecule has 3 saturated heterocycles. The molecule has 4 heterocycles. The first-order chi connectivity index (χ1) is 13.1. The fourth-order valence-corrected chi connectivity index (χ4v) is 4.34. The third-order valence-corrected chi connectivity index (χ3v) is 5.87. The maximum absolute atomic E-state index is 12.4. The number of hydrogen-bond donors (Lipinski definition) is 3. The quantitative estimate of drug-likeness (QED) is 0.623. The Labute approximate surface area is 173 Å². The van der Waals surface area contributed by atoms with Gasteiger partial charge in [-0.2, -0.15) is 0 Å². The van der Waals surface area contributed by atoms with Crippen molar-refractivity contribution in [1.29, 1.82) is 0 Å². The van der Waals surface area contributed by atoms with Crippen molar-refractivity contribution in [2.75, 3.05) is 37.6 Å². The van der Waals surface area contributed by atoms with Crippen LogP contribution in [0, 0.1) is 5.92 Å². The monoisotopic (exact) mass is 423 g/mol. The molecule has 3 N–H and O–H groups in total. The molecule has 8 nitrogen and oxygen atoms in total. The maximum atomic E-state index is 12.4. The Morgan fingerprint density at radius 2 is 1.96 bits per heavy atom. The van der Waals surface area contributed by atoms with Crippen LogP contribution in [0.5, 0.6) is 0 Å². The van der Waals surface area contributed by atoms with E-state index in [0.29, 0.717) is 17.9 Å². The lowest BCUT2D eigenvalue weighted by atomic mass is 9.85. The molecule has 3 amide bonds. The largest absolute Gasteiger partial charge is 0.355 e. The molecule has 0 aliphatic carbocycles. The van der Waals surface area contributed by atoms with Crippen molar-refractivity contribution in [3.63, 3.8) is 0 Å². The van der Waals surface area contributed by atoms with E-state index in [4.69, 9.17) is 0 Å². The molecule has 2 unspecified atom stereocenters. The minimum absolute atomic E-state index is 0. The number of halogens is 1. The topological polar surface area (TPSA) is 103 Å². The highest BCUT2D eigenvalue weighted by molar-refractivity contribution is 8.18. The number of pyridine rings is 1. The number of thioether (sulfide) groups is 1. The normalized spacial score (nSPS) is 26.6. The second kappa shape index (κ2) is 8.93. The molecule has 10 heteroatoms. The van der Waals surface area contributed by atoms with Gasteiger partial charge in [0, 0.05) is 38.9 Å². The lowest BCUT2D eigenvalue weighted by Gasteiger charge is -2.30. The predicted octanol–water partition coefficient (Wildman–Crippen LogP) is 1.000. The number of piperazine rings is 1. The number of anilines is 1. The summed E-state index contributed by atoms with van der Waals surface area (Å²) in [7, 11) is 0. The van der Waals surface area contributed by atoms with E-state index in [1.165, 1.54) is 0 Å². The Bertz CT molecular complexity index is 795. The molecule has 3 aliphatic rings. The van der Waals surface area contributed by atoms with E-state index in [-0.39, 0.29) is 41.3 Å². The number of carbonyl (C=O) groups is 3. The molecule has 0 radical (unpaired) electrons. The summed E-state index contributed by atoms with van der Waals surface area (Å²) >= 11 is 0.909. The molecule has 0 spiro atoms. The summed E-state index contributed by atoms with van der Waals surface area (Å²) in [5.41, 5.74) is 0.870. The zero-order chi connectivity index (χ0) is 18.8. The van der Waals surface area contributed by atoms with Gasteiger partial charge in [0.15, 0.2) is 0 Å². The first-order valence-electron chi connectivity index (χ1n) is 9.04. The number of hydrogen-bond acceptors (Lipinski definition) is 7. The number of piperidine rings is 1.